The summed E-state index contributed by atoms with van der Waals surface area (Å²) in [6, 6.07) is 1.90. The van der Waals surface area contributed by atoms with E-state index in [0.29, 0.717) is 32.3 Å². The van der Waals surface area contributed by atoms with E-state index in [0.717, 1.165) is 6.42 Å². The van der Waals surface area contributed by atoms with E-state index in [-0.39, 0.29) is 12.6 Å². The highest BCUT2D eigenvalue weighted by atomic mass is 16.7. The van der Waals surface area contributed by atoms with E-state index < -0.39 is 12.3 Å². The number of nitriles is 1. The van der Waals surface area contributed by atoms with Crippen LogP contribution in [0.3, 0.4) is 0 Å². The molecular weight excluding hydrogens is 250 g/mol. The lowest BCUT2D eigenvalue weighted by Gasteiger charge is -2.10. The van der Waals surface area contributed by atoms with Crippen LogP contribution in [0.2, 0.25) is 0 Å². The molecule has 0 saturated carbocycles. The second-order valence-electron chi connectivity index (χ2n) is 3.82. The van der Waals surface area contributed by atoms with Gasteiger partial charge in [-0.25, -0.2) is 4.79 Å². The lowest BCUT2D eigenvalue weighted by molar-refractivity contribution is -0.143. The van der Waals surface area contributed by atoms with Crippen molar-refractivity contribution in [2.75, 3.05) is 13.2 Å². The van der Waals surface area contributed by atoms with Crippen LogP contribution >= 0.6 is 0 Å². The number of ether oxygens (including phenoxy) is 3. The Morgan fingerprint density at radius 2 is 1.79 bits per heavy atom. The molecule has 0 aromatic heterocycles. The molecule has 108 valence electrons. The Labute approximate surface area is 113 Å². The van der Waals surface area contributed by atoms with Gasteiger partial charge in [0, 0.05) is 6.42 Å². The van der Waals surface area contributed by atoms with Crippen LogP contribution in [0.1, 0.15) is 46.0 Å². The topological polar surface area (TPSA) is 85.6 Å². The number of nitrogens with zero attached hydrogens (tertiary/aromatic N) is 1. The van der Waals surface area contributed by atoms with Crippen LogP contribution in [-0.2, 0) is 19.0 Å². The number of hydrogen-bond acceptors (Lipinski definition) is 6. The average Bonchev–Trinajstić information content (AvgIpc) is 2.37. The molecule has 0 aliphatic rings. The molecule has 19 heavy (non-hydrogen) atoms. The average molecular weight is 271 g/mol. The SMILES string of the molecule is CCOC(=O)CCCCCC(C#N)OC(=O)OCC. The Hall–Kier alpha value is -1.77. The Kier molecular flexibility index (Phi) is 10.3. The summed E-state index contributed by atoms with van der Waals surface area (Å²) < 4.78 is 14.2. The molecule has 0 spiro atoms. The summed E-state index contributed by atoms with van der Waals surface area (Å²) in [5.41, 5.74) is 0. The van der Waals surface area contributed by atoms with E-state index >= 15 is 0 Å². The number of carbonyl (C=O) groups is 2. The Morgan fingerprint density at radius 1 is 1.11 bits per heavy atom. The van der Waals surface area contributed by atoms with Crippen molar-refractivity contribution in [2.45, 2.75) is 52.1 Å². The molecule has 0 fully saturated rings. The number of esters is 1. The highest BCUT2D eigenvalue weighted by Gasteiger charge is 2.13. The van der Waals surface area contributed by atoms with Crippen molar-refractivity contribution in [1.29, 1.82) is 5.26 Å². The van der Waals surface area contributed by atoms with Gasteiger partial charge in [0.2, 0.25) is 0 Å². The second-order valence-corrected chi connectivity index (χ2v) is 3.82. The van der Waals surface area contributed by atoms with Gasteiger partial charge in [0.05, 0.1) is 13.2 Å². The summed E-state index contributed by atoms with van der Waals surface area (Å²) in [6.45, 7) is 4.04. The fourth-order valence-corrected chi connectivity index (χ4v) is 1.43. The molecule has 1 unspecified atom stereocenters. The summed E-state index contributed by atoms with van der Waals surface area (Å²) in [4.78, 5) is 22.1. The maximum absolute atomic E-state index is 11.1. The van der Waals surface area contributed by atoms with Gasteiger partial charge in [-0.3, -0.25) is 4.79 Å². The van der Waals surface area contributed by atoms with E-state index in [1.165, 1.54) is 0 Å². The zero-order valence-corrected chi connectivity index (χ0v) is 11.5. The predicted octanol–water partition coefficient (Wildman–Crippen LogP) is 2.57. The lowest BCUT2D eigenvalue weighted by Crippen LogP contribution is -2.17. The predicted molar refractivity (Wildman–Crippen MR) is 67.2 cm³/mol. The van der Waals surface area contributed by atoms with Crippen molar-refractivity contribution in [2.24, 2.45) is 0 Å². The Bertz CT molecular complexity index is 311. The van der Waals surface area contributed by atoms with Crippen molar-refractivity contribution in [3.05, 3.63) is 0 Å². The smallest absolute Gasteiger partial charge is 0.466 e. The number of hydrogen-bond donors (Lipinski definition) is 0. The van der Waals surface area contributed by atoms with Gasteiger partial charge in [0.1, 0.15) is 6.07 Å². The van der Waals surface area contributed by atoms with Crippen LogP contribution in [0.5, 0.6) is 0 Å². The highest BCUT2D eigenvalue weighted by Crippen LogP contribution is 2.09. The van der Waals surface area contributed by atoms with Gasteiger partial charge < -0.3 is 14.2 Å². The van der Waals surface area contributed by atoms with Crippen molar-refractivity contribution in [3.8, 4) is 6.07 Å². The summed E-state index contributed by atoms with van der Waals surface area (Å²) >= 11 is 0. The van der Waals surface area contributed by atoms with Crippen LogP contribution in [0.25, 0.3) is 0 Å². The highest BCUT2D eigenvalue weighted by molar-refractivity contribution is 5.69. The standard InChI is InChI=1S/C13H21NO5/c1-3-17-12(15)9-7-5-6-8-11(10-14)19-13(16)18-4-2/h11H,3-9H2,1-2H3. The van der Waals surface area contributed by atoms with Crippen molar-refractivity contribution in [3.63, 3.8) is 0 Å². The van der Waals surface area contributed by atoms with Gasteiger partial charge in [-0.05, 0) is 33.1 Å². The Morgan fingerprint density at radius 3 is 2.37 bits per heavy atom. The minimum absolute atomic E-state index is 0.206. The van der Waals surface area contributed by atoms with Crippen LogP contribution in [0.4, 0.5) is 4.79 Å². The summed E-state index contributed by atoms with van der Waals surface area (Å²) in [7, 11) is 0. The molecule has 6 nitrogen and oxygen atoms in total. The van der Waals surface area contributed by atoms with Crippen LogP contribution < -0.4 is 0 Å². The van der Waals surface area contributed by atoms with E-state index in [9.17, 15) is 9.59 Å². The third kappa shape index (κ3) is 9.89. The molecule has 0 radical (unpaired) electrons. The third-order valence-electron chi connectivity index (χ3n) is 2.30. The van der Waals surface area contributed by atoms with Crippen LogP contribution in [0.15, 0.2) is 0 Å². The van der Waals surface area contributed by atoms with Crippen molar-refractivity contribution < 1.29 is 23.8 Å². The largest absolute Gasteiger partial charge is 0.509 e. The molecule has 1 atom stereocenters. The molecule has 0 rings (SSSR count). The first kappa shape index (κ1) is 17.2. The monoisotopic (exact) mass is 271 g/mol. The first-order valence-electron chi connectivity index (χ1n) is 6.52. The number of unbranched alkanes of at least 4 members (excludes halogenated alkanes) is 2. The van der Waals surface area contributed by atoms with E-state index in [4.69, 9.17) is 14.7 Å². The quantitative estimate of drug-likeness (QED) is 0.473. The van der Waals surface area contributed by atoms with Crippen molar-refractivity contribution in [1.82, 2.24) is 0 Å². The molecule has 0 heterocycles. The van der Waals surface area contributed by atoms with Gasteiger partial charge in [-0.2, -0.15) is 5.26 Å². The summed E-state index contributed by atoms with van der Waals surface area (Å²) in [6.07, 6.45) is 1.40. The zero-order chi connectivity index (χ0) is 14.5. The van der Waals surface area contributed by atoms with Gasteiger partial charge >= 0.3 is 12.1 Å². The maximum atomic E-state index is 11.1. The molecule has 0 aromatic carbocycles. The first-order chi connectivity index (χ1) is 9.13. The maximum Gasteiger partial charge on any atom is 0.509 e. The van der Waals surface area contributed by atoms with Crippen LogP contribution in [-0.4, -0.2) is 31.4 Å². The third-order valence-corrected chi connectivity index (χ3v) is 2.30. The normalized spacial score (nSPS) is 11.2. The molecule has 0 bridgehead atoms. The van der Waals surface area contributed by atoms with Crippen molar-refractivity contribution >= 4 is 12.1 Å². The minimum atomic E-state index is -0.819. The minimum Gasteiger partial charge on any atom is -0.466 e. The molecule has 0 N–H and O–H groups in total. The lowest BCUT2D eigenvalue weighted by atomic mass is 10.1. The Balaban J connectivity index is 3.65. The van der Waals surface area contributed by atoms with E-state index in [2.05, 4.69) is 4.74 Å². The molecule has 0 aromatic rings. The molecule has 0 amide bonds. The summed E-state index contributed by atoms with van der Waals surface area (Å²) in [5, 5.41) is 8.80. The number of rotatable bonds is 9. The second kappa shape index (κ2) is 11.3. The van der Waals surface area contributed by atoms with E-state index in [1.54, 1.807) is 13.8 Å². The zero-order valence-electron chi connectivity index (χ0n) is 11.5. The number of carbonyl (C=O) groups excluding carboxylic acids is 2. The first-order valence-corrected chi connectivity index (χ1v) is 6.52. The summed E-state index contributed by atoms with van der Waals surface area (Å²) in [5.74, 6) is -0.206. The fourth-order valence-electron chi connectivity index (χ4n) is 1.43. The van der Waals surface area contributed by atoms with E-state index in [1.807, 2.05) is 6.07 Å². The fraction of sp³-hybridized carbons (Fsp3) is 0.769. The molecular formula is C13H21NO5. The van der Waals surface area contributed by atoms with Gasteiger partial charge in [0.25, 0.3) is 0 Å². The molecule has 0 aliphatic carbocycles. The molecule has 0 aliphatic heterocycles. The van der Waals surface area contributed by atoms with Gasteiger partial charge in [-0.15, -0.1) is 0 Å². The van der Waals surface area contributed by atoms with Crippen LogP contribution in [0, 0.1) is 11.3 Å². The van der Waals surface area contributed by atoms with Gasteiger partial charge in [0.15, 0.2) is 6.10 Å². The van der Waals surface area contributed by atoms with Gasteiger partial charge in [-0.1, -0.05) is 6.42 Å². The molecule has 6 heteroatoms. The molecule has 0 saturated heterocycles.